The van der Waals surface area contributed by atoms with Crippen LogP contribution in [-0.4, -0.2) is 15.9 Å². The fraction of sp³-hybridized carbons (Fsp3) is 0.250. The number of fused-ring (bicyclic) bond motifs is 2. The normalized spacial score (nSPS) is 16.0. The molecule has 4 rings (SSSR count). The Morgan fingerprint density at radius 1 is 1.28 bits per heavy atom. The molecule has 1 aliphatic rings. The third kappa shape index (κ3) is 2.87. The molecule has 2 aromatic carbocycles. The number of amides is 1. The van der Waals surface area contributed by atoms with E-state index in [9.17, 15) is 4.79 Å². The smallest absolute Gasteiger partial charge is 0.242 e. The van der Waals surface area contributed by atoms with Crippen molar-refractivity contribution in [3.8, 4) is 0 Å². The predicted molar refractivity (Wildman–Crippen MR) is 96.8 cm³/mol. The number of rotatable bonds is 4. The van der Waals surface area contributed by atoms with Gasteiger partial charge in [0.25, 0.3) is 0 Å². The van der Waals surface area contributed by atoms with E-state index in [0.29, 0.717) is 13.1 Å². The SMILES string of the molecule is CCc1ccc2ccccc2c1CNC(=O)C1NCc2ncncc21. The third-order valence-corrected chi connectivity index (χ3v) is 4.83. The summed E-state index contributed by atoms with van der Waals surface area (Å²) < 4.78 is 0. The van der Waals surface area contributed by atoms with Crippen LogP contribution in [0.5, 0.6) is 0 Å². The van der Waals surface area contributed by atoms with E-state index < -0.39 is 0 Å². The number of nitrogens with zero attached hydrogens (tertiary/aromatic N) is 2. The second-order valence-corrected chi connectivity index (χ2v) is 6.23. The predicted octanol–water partition coefficient (Wildman–Crippen LogP) is 2.65. The highest BCUT2D eigenvalue weighted by Crippen LogP contribution is 2.25. The summed E-state index contributed by atoms with van der Waals surface area (Å²) in [5.41, 5.74) is 4.22. The highest BCUT2D eigenvalue weighted by atomic mass is 16.2. The first-order chi connectivity index (χ1) is 12.3. The number of aromatic nitrogens is 2. The average Bonchev–Trinajstić information content (AvgIpc) is 3.10. The second kappa shape index (κ2) is 6.61. The fourth-order valence-corrected chi connectivity index (χ4v) is 3.50. The van der Waals surface area contributed by atoms with E-state index in [0.717, 1.165) is 17.7 Å². The van der Waals surface area contributed by atoms with Crippen molar-refractivity contribution in [1.82, 2.24) is 20.6 Å². The lowest BCUT2D eigenvalue weighted by atomic mass is 9.97. The van der Waals surface area contributed by atoms with E-state index in [1.165, 1.54) is 28.2 Å². The standard InChI is InChI=1S/C20H20N4O/c1-2-13-7-8-14-5-3-4-6-15(14)16(13)10-23-20(25)19-17-9-21-12-24-18(17)11-22-19/h3-9,12,19,22H,2,10-11H2,1H3,(H,23,25). The molecule has 3 aromatic rings. The largest absolute Gasteiger partial charge is 0.350 e. The van der Waals surface area contributed by atoms with Crippen LogP contribution >= 0.6 is 0 Å². The van der Waals surface area contributed by atoms with E-state index in [1.807, 2.05) is 12.1 Å². The number of carbonyl (C=O) groups excluding carboxylic acids is 1. The van der Waals surface area contributed by atoms with Gasteiger partial charge in [0, 0.05) is 24.8 Å². The second-order valence-electron chi connectivity index (χ2n) is 6.23. The van der Waals surface area contributed by atoms with E-state index in [2.05, 4.69) is 51.8 Å². The maximum atomic E-state index is 12.7. The van der Waals surface area contributed by atoms with Gasteiger partial charge in [-0.25, -0.2) is 9.97 Å². The molecular weight excluding hydrogens is 312 g/mol. The lowest BCUT2D eigenvalue weighted by molar-refractivity contribution is -0.123. The Morgan fingerprint density at radius 3 is 3.04 bits per heavy atom. The number of hydrogen-bond acceptors (Lipinski definition) is 4. The average molecular weight is 332 g/mol. The number of hydrogen-bond donors (Lipinski definition) is 2. The van der Waals surface area contributed by atoms with Crippen molar-refractivity contribution in [3.05, 3.63) is 71.3 Å². The molecule has 2 heterocycles. The Kier molecular flexibility index (Phi) is 4.15. The molecule has 0 radical (unpaired) electrons. The Morgan fingerprint density at radius 2 is 2.16 bits per heavy atom. The van der Waals surface area contributed by atoms with Gasteiger partial charge >= 0.3 is 0 Å². The van der Waals surface area contributed by atoms with Crippen LogP contribution in [0.2, 0.25) is 0 Å². The van der Waals surface area contributed by atoms with Crippen molar-refractivity contribution in [2.75, 3.05) is 0 Å². The fourth-order valence-electron chi connectivity index (χ4n) is 3.50. The van der Waals surface area contributed by atoms with Crippen LogP contribution in [0, 0.1) is 0 Å². The first-order valence-corrected chi connectivity index (χ1v) is 8.57. The summed E-state index contributed by atoms with van der Waals surface area (Å²) in [7, 11) is 0. The molecule has 2 N–H and O–H groups in total. The van der Waals surface area contributed by atoms with E-state index >= 15 is 0 Å². The molecule has 0 spiro atoms. The zero-order chi connectivity index (χ0) is 17.2. The minimum atomic E-state index is -0.378. The van der Waals surface area contributed by atoms with Gasteiger partial charge in [-0.05, 0) is 28.3 Å². The molecule has 1 amide bonds. The molecule has 0 saturated carbocycles. The van der Waals surface area contributed by atoms with Gasteiger partial charge in [0.2, 0.25) is 5.91 Å². The number of carbonyl (C=O) groups is 1. The van der Waals surface area contributed by atoms with Crippen LogP contribution in [0.1, 0.15) is 35.3 Å². The van der Waals surface area contributed by atoms with Crippen molar-refractivity contribution < 1.29 is 4.79 Å². The summed E-state index contributed by atoms with van der Waals surface area (Å²) >= 11 is 0. The van der Waals surface area contributed by atoms with Crippen LogP contribution in [0.25, 0.3) is 10.8 Å². The lowest BCUT2D eigenvalue weighted by Gasteiger charge is -2.16. The van der Waals surface area contributed by atoms with Gasteiger partial charge in [0.1, 0.15) is 12.4 Å². The highest BCUT2D eigenvalue weighted by Gasteiger charge is 2.29. The molecule has 1 aromatic heterocycles. The van der Waals surface area contributed by atoms with Crippen LogP contribution in [0.15, 0.2) is 48.9 Å². The number of benzene rings is 2. The Hall–Kier alpha value is -2.79. The maximum Gasteiger partial charge on any atom is 0.242 e. The first kappa shape index (κ1) is 15.7. The molecule has 0 bridgehead atoms. The van der Waals surface area contributed by atoms with Gasteiger partial charge < -0.3 is 5.32 Å². The summed E-state index contributed by atoms with van der Waals surface area (Å²) in [6.07, 6.45) is 4.18. The topological polar surface area (TPSA) is 66.9 Å². The van der Waals surface area contributed by atoms with E-state index in [1.54, 1.807) is 6.20 Å². The van der Waals surface area contributed by atoms with Crippen molar-refractivity contribution in [1.29, 1.82) is 0 Å². The summed E-state index contributed by atoms with van der Waals surface area (Å²) in [4.78, 5) is 21.0. The lowest BCUT2D eigenvalue weighted by Crippen LogP contribution is -2.34. The van der Waals surface area contributed by atoms with Crippen LogP contribution in [0.4, 0.5) is 0 Å². The third-order valence-electron chi connectivity index (χ3n) is 4.83. The number of aryl methyl sites for hydroxylation is 1. The van der Waals surface area contributed by atoms with Gasteiger partial charge in [-0.3, -0.25) is 10.1 Å². The zero-order valence-corrected chi connectivity index (χ0v) is 14.1. The van der Waals surface area contributed by atoms with E-state index in [4.69, 9.17) is 0 Å². The summed E-state index contributed by atoms with van der Waals surface area (Å²) in [5, 5.41) is 8.70. The molecule has 0 saturated heterocycles. The Balaban J connectivity index is 1.58. The van der Waals surface area contributed by atoms with Gasteiger partial charge in [-0.1, -0.05) is 43.3 Å². The van der Waals surface area contributed by atoms with Gasteiger partial charge in [-0.15, -0.1) is 0 Å². The molecule has 1 aliphatic heterocycles. The molecule has 5 heteroatoms. The summed E-state index contributed by atoms with van der Waals surface area (Å²) in [5.74, 6) is -0.0384. The molecule has 5 nitrogen and oxygen atoms in total. The molecule has 126 valence electrons. The monoisotopic (exact) mass is 332 g/mol. The minimum absolute atomic E-state index is 0.0384. The molecule has 0 fully saturated rings. The number of nitrogens with one attached hydrogen (secondary N) is 2. The minimum Gasteiger partial charge on any atom is -0.350 e. The van der Waals surface area contributed by atoms with Crippen LogP contribution in [-0.2, 0) is 24.3 Å². The van der Waals surface area contributed by atoms with Crippen LogP contribution in [0.3, 0.4) is 0 Å². The molecule has 25 heavy (non-hydrogen) atoms. The van der Waals surface area contributed by atoms with Crippen molar-refractivity contribution >= 4 is 16.7 Å². The molecule has 0 aliphatic carbocycles. The molecule has 1 unspecified atom stereocenters. The zero-order valence-electron chi connectivity index (χ0n) is 14.1. The summed E-state index contributed by atoms with van der Waals surface area (Å²) in [6.45, 7) is 3.26. The first-order valence-electron chi connectivity index (χ1n) is 8.57. The quantitative estimate of drug-likeness (QED) is 0.771. The van der Waals surface area contributed by atoms with Gasteiger partial charge in [-0.2, -0.15) is 0 Å². The van der Waals surface area contributed by atoms with Crippen LogP contribution < -0.4 is 10.6 Å². The Labute approximate surface area is 146 Å². The van der Waals surface area contributed by atoms with Gasteiger partial charge in [0.05, 0.1) is 5.69 Å². The Bertz CT molecular complexity index is 938. The molecule has 1 atom stereocenters. The van der Waals surface area contributed by atoms with Gasteiger partial charge in [0.15, 0.2) is 0 Å². The highest BCUT2D eigenvalue weighted by molar-refractivity contribution is 5.88. The van der Waals surface area contributed by atoms with Crippen molar-refractivity contribution in [2.45, 2.75) is 32.5 Å². The van der Waals surface area contributed by atoms with E-state index in [-0.39, 0.29) is 11.9 Å². The molecular formula is C20H20N4O. The van der Waals surface area contributed by atoms with Crippen molar-refractivity contribution in [3.63, 3.8) is 0 Å². The maximum absolute atomic E-state index is 12.7. The summed E-state index contributed by atoms with van der Waals surface area (Å²) in [6, 6.07) is 12.2. The van der Waals surface area contributed by atoms with Crippen molar-refractivity contribution in [2.24, 2.45) is 0 Å².